The van der Waals surface area contributed by atoms with E-state index >= 15 is 0 Å². The first-order valence-electron chi connectivity index (χ1n) is 7.88. The predicted molar refractivity (Wildman–Crippen MR) is 98.9 cm³/mol. The summed E-state index contributed by atoms with van der Waals surface area (Å²) in [5.74, 6) is -0.685. The lowest BCUT2D eigenvalue weighted by molar-refractivity contribution is -0.122. The molecule has 0 heterocycles. The Morgan fingerprint density at radius 2 is 1.38 bits per heavy atom. The fraction of sp³-hybridized carbons (Fsp3) is 0.263. The summed E-state index contributed by atoms with van der Waals surface area (Å²) in [5, 5.41) is 5.77. The number of rotatable bonds is 4. The van der Waals surface area contributed by atoms with Crippen molar-refractivity contribution in [2.75, 3.05) is 10.6 Å². The van der Waals surface area contributed by atoms with Crippen molar-refractivity contribution < 1.29 is 9.59 Å². The molecule has 1 saturated carbocycles. The van der Waals surface area contributed by atoms with Crippen LogP contribution in [-0.4, -0.2) is 11.8 Å². The summed E-state index contributed by atoms with van der Waals surface area (Å²) >= 11 is 3.36. The highest BCUT2D eigenvalue weighted by Crippen LogP contribution is 2.40. The van der Waals surface area contributed by atoms with Crippen molar-refractivity contribution in [1.29, 1.82) is 0 Å². The Morgan fingerprint density at radius 1 is 0.875 bits per heavy atom. The summed E-state index contributed by atoms with van der Waals surface area (Å²) in [6.07, 6.45) is 0.596. The van der Waals surface area contributed by atoms with E-state index in [1.165, 1.54) is 0 Å². The van der Waals surface area contributed by atoms with E-state index in [1.807, 2.05) is 50.2 Å². The Balaban J connectivity index is 1.56. The fourth-order valence-electron chi connectivity index (χ4n) is 2.82. The van der Waals surface area contributed by atoms with E-state index in [4.69, 9.17) is 0 Å². The molecule has 1 aliphatic rings. The Bertz CT molecular complexity index is 766. The number of hydrogen-bond donors (Lipinski definition) is 2. The molecule has 0 bridgehead atoms. The molecule has 124 valence electrons. The molecule has 2 atom stereocenters. The van der Waals surface area contributed by atoms with Crippen molar-refractivity contribution in [3.8, 4) is 0 Å². The van der Waals surface area contributed by atoms with Gasteiger partial charge in [0.15, 0.2) is 0 Å². The van der Waals surface area contributed by atoms with Crippen LogP contribution < -0.4 is 10.6 Å². The van der Waals surface area contributed by atoms with Crippen molar-refractivity contribution in [2.24, 2.45) is 11.8 Å². The van der Waals surface area contributed by atoms with Crippen molar-refractivity contribution >= 4 is 39.1 Å². The van der Waals surface area contributed by atoms with Gasteiger partial charge in [-0.15, -0.1) is 0 Å². The van der Waals surface area contributed by atoms with Crippen LogP contribution in [0.3, 0.4) is 0 Å². The third kappa shape index (κ3) is 4.03. The average molecular weight is 387 g/mol. The van der Waals surface area contributed by atoms with Gasteiger partial charge in [0.2, 0.25) is 11.8 Å². The number of nitrogens with one attached hydrogen (secondary N) is 2. The van der Waals surface area contributed by atoms with E-state index in [2.05, 4.69) is 32.6 Å². The zero-order valence-corrected chi connectivity index (χ0v) is 15.2. The number of carbonyl (C=O) groups excluding carboxylic acids is 2. The van der Waals surface area contributed by atoms with Gasteiger partial charge in [-0.05, 0) is 67.8 Å². The quantitative estimate of drug-likeness (QED) is 0.823. The lowest BCUT2D eigenvalue weighted by atomic mass is 10.1. The molecule has 1 fully saturated rings. The van der Waals surface area contributed by atoms with Crippen molar-refractivity contribution in [3.63, 3.8) is 0 Å². The molecule has 0 aliphatic heterocycles. The summed E-state index contributed by atoms with van der Waals surface area (Å²) in [6.45, 7) is 3.99. The lowest BCUT2D eigenvalue weighted by Crippen LogP contribution is -2.20. The third-order valence-electron chi connectivity index (χ3n) is 4.06. The first-order valence-corrected chi connectivity index (χ1v) is 8.67. The van der Waals surface area contributed by atoms with E-state index < -0.39 is 0 Å². The van der Waals surface area contributed by atoms with Gasteiger partial charge in [0.1, 0.15) is 0 Å². The van der Waals surface area contributed by atoms with Crippen LogP contribution in [0, 0.1) is 25.7 Å². The fourth-order valence-corrected chi connectivity index (χ4v) is 3.09. The highest BCUT2D eigenvalue weighted by Gasteiger charge is 2.48. The second kappa shape index (κ2) is 6.77. The molecule has 5 heteroatoms. The summed E-state index contributed by atoms with van der Waals surface area (Å²) in [6, 6.07) is 13.3. The number of anilines is 2. The van der Waals surface area contributed by atoms with Gasteiger partial charge in [-0.1, -0.05) is 22.0 Å². The van der Waals surface area contributed by atoms with Crippen molar-refractivity contribution in [3.05, 3.63) is 58.1 Å². The van der Waals surface area contributed by atoms with E-state index in [-0.39, 0.29) is 23.7 Å². The molecule has 0 spiro atoms. The smallest absolute Gasteiger partial charge is 0.228 e. The van der Waals surface area contributed by atoms with Gasteiger partial charge >= 0.3 is 0 Å². The molecule has 0 radical (unpaired) electrons. The van der Waals surface area contributed by atoms with E-state index in [1.54, 1.807) is 0 Å². The van der Waals surface area contributed by atoms with Gasteiger partial charge in [-0.25, -0.2) is 0 Å². The SMILES string of the molecule is Cc1cc(C)cc(NC(=O)C2CC2C(=O)Nc2ccc(Br)cc2)c1. The second-order valence-electron chi connectivity index (χ2n) is 6.31. The van der Waals surface area contributed by atoms with Crippen molar-refractivity contribution in [2.45, 2.75) is 20.3 Å². The van der Waals surface area contributed by atoms with Crippen LogP contribution >= 0.6 is 15.9 Å². The van der Waals surface area contributed by atoms with Gasteiger partial charge in [0.05, 0.1) is 11.8 Å². The predicted octanol–water partition coefficient (Wildman–Crippen LogP) is 4.28. The Labute approximate surface area is 149 Å². The highest BCUT2D eigenvalue weighted by atomic mass is 79.9. The molecule has 2 unspecified atom stereocenters. The largest absolute Gasteiger partial charge is 0.326 e. The van der Waals surface area contributed by atoms with Crippen LogP contribution in [0.1, 0.15) is 17.5 Å². The van der Waals surface area contributed by atoms with E-state index in [0.717, 1.165) is 27.0 Å². The Hall–Kier alpha value is -2.14. The molecule has 3 rings (SSSR count). The number of benzene rings is 2. The zero-order chi connectivity index (χ0) is 17.3. The maximum Gasteiger partial charge on any atom is 0.228 e. The number of halogens is 1. The monoisotopic (exact) mass is 386 g/mol. The molecular weight excluding hydrogens is 368 g/mol. The van der Waals surface area contributed by atoms with Crippen LogP contribution in [0.25, 0.3) is 0 Å². The molecule has 0 aromatic heterocycles. The number of carbonyl (C=O) groups is 2. The minimum Gasteiger partial charge on any atom is -0.326 e. The topological polar surface area (TPSA) is 58.2 Å². The number of amides is 2. The molecular formula is C19H19BrN2O2. The molecule has 1 aliphatic carbocycles. The maximum atomic E-state index is 12.3. The molecule has 4 nitrogen and oxygen atoms in total. The molecule has 2 aromatic carbocycles. The lowest BCUT2D eigenvalue weighted by Gasteiger charge is -2.08. The molecule has 24 heavy (non-hydrogen) atoms. The first-order chi connectivity index (χ1) is 11.4. The van der Waals surface area contributed by atoms with Crippen LogP contribution in [0.5, 0.6) is 0 Å². The maximum absolute atomic E-state index is 12.3. The standard InChI is InChI=1S/C19H19BrN2O2/c1-11-7-12(2)9-15(8-11)22-19(24)17-10-16(17)18(23)21-14-5-3-13(20)4-6-14/h3-9,16-17H,10H2,1-2H3,(H,21,23)(H,22,24). The summed E-state index contributed by atoms with van der Waals surface area (Å²) < 4.78 is 0.956. The molecule has 2 amide bonds. The van der Waals surface area contributed by atoms with E-state index in [9.17, 15) is 9.59 Å². The number of aryl methyl sites for hydroxylation is 2. The second-order valence-corrected chi connectivity index (χ2v) is 7.23. The molecule has 0 saturated heterocycles. The van der Waals surface area contributed by atoms with Crippen LogP contribution in [0.2, 0.25) is 0 Å². The average Bonchev–Trinajstić information content (AvgIpc) is 3.29. The minimum atomic E-state index is -0.250. The zero-order valence-electron chi connectivity index (χ0n) is 13.6. The third-order valence-corrected chi connectivity index (χ3v) is 4.59. The minimum absolute atomic E-state index is 0.0871. The van der Waals surface area contributed by atoms with Gasteiger partial charge in [0, 0.05) is 15.8 Å². The van der Waals surface area contributed by atoms with Gasteiger partial charge in [-0.3, -0.25) is 9.59 Å². The van der Waals surface area contributed by atoms with Crippen LogP contribution in [0.15, 0.2) is 46.9 Å². The van der Waals surface area contributed by atoms with E-state index in [0.29, 0.717) is 6.42 Å². The first kappa shape index (κ1) is 16.7. The van der Waals surface area contributed by atoms with Crippen LogP contribution in [0.4, 0.5) is 11.4 Å². The number of hydrogen-bond acceptors (Lipinski definition) is 2. The Kier molecular flexibility index (Phi) is 4.71. The van der Waals surface area contributed by atoms with Gasteiger partial charge in [0.25, 0.3) is 0 Å². The summed E-state index contributed by atoms with van der Waals surface area (Å²) in [7, 11) is 0. The molecule has 2 aromatic rings. The van der Waals surface area contributed by atoms with Gasteiger partial charge in [-0.2, -0.15) is 0 Å². The summed E-state index contributed by atoms with van der Waals surface area (Å²) in [5.41, 5.74) is 3.73. The highest BCUT2D eigenvalue weighted by molar-refractivity contribution is 9.10. The Morgan fingerprint density at radius 3 is 1.92 bits per heavy atom. The van der Waals surface area contributed by atoms with Crippen LogP contribution in [-0.2, 0) is 9.59 Å². The summed E-state index contributed by atoms with van der Waals surface area (Å²) in [4.78, 5) is 24.5. The molecule has 2 N–H and O–H groups in total. The van der Waals surface area contributed by atoms with Gasteiger partial charge < -0.3 is 10.6 Å². The normalized spacial score (nSPS) is 18.8. The van der Waals surface area contributed by atoms with Crippen molar-refractivity contribution in [1.82, 2.24) is 0 Å².